The Kier molecular flexibility index (Phi) is 2.59. The van der Waals surface area contributed by atoms with E-state index in [2.05, 4.69) is 17.4 Å². The molecule has 4 nitrogen and oxygen atoms in total. The van der Waals surface area contributed by atoms with Gasteiger partial charge in [0, 0.05) is 11.7 Å². The number of likely N-dealkylation sites (tertiary alicyclic amines) is 1. The van der Waals surface area contributed by atoms with Crippen LogP contribution in [0, 0.1) is 0 Å². The molecule has 1 aliphatic heterocycles. The van der Waals surface area contributed by atoms with E-state index in [9.17, 15) is 9.59 Å². The highest BCUT2D eigenvalue weighted by atomic mass is 16.2. The molecule has 0 radical (unpaired) electrons. The van der Waals surface area contributed by atoms with Crippen molar-refractivity contribution in [2.45, 2.75) is 50.6 Å². The van der Waals surface area contributed by atoms with Crippen LogP contribution >= 0.6 is 0 Å². The number of imide groups is 1. The molecule has 104 valence electrons. The molecule has 20 heavy (non-hydrogen) atoms. The lowest BCUT2D eigenvalue weighted by Gasteiger charge is -2.15. The molecular formula is C16H18N2O2. The van der Waals surface area contributed by atoms with Crippen molar-refractivity contribution in [2.75, 3.05) is 5.32 Å². The zero-order valence-electron chi connectivity index (χ0n) is 11.4. The van der Waals surface area contributed by atoms with Crippen molar-refractivity contribution in [3.8, 4) is 0 Å². The van der Waals surface area contributed by atoms with Gasteiger partial charge in [-0.1, -0.05) is 6.07 Å². The molecule has 1 saturated carbocycles. The monoisotopic (exact) mass is 270 g/mol. The number of hydrogen-bond acceptors (Lipinski definition) is 3. The quantitative estimate of drug-likeness (QED) is 0.853. The van der Waals surface area contributed by atoms with Gasteiger partial charge in [-0.25, -0.2) is 0 Å². The van der Waals surface area contributed by atoms with Gasteiger partial charge in [0.15, 0.2) is 0 Å². The van der Waals surface area contributed by atoms with Gasteiger partial charge >= 0.3 is 0 Å². The number of aryl methyl sites for hydroxylation is 2. The summed E-state index contributed by atoms with van der Waals surface area (Å²) in [6.07, 6.45) is 5.75. The van der Waals surface area contributed by atoms with Crippen LogP contribution in [0.15, 0.2) is 18.2 Å². The van der Waals surface area contributed by atoms with E-state index in [0.29, 0.717) is 6.42 Å². The molecular weight excluding hydrogens is 252 g/mol. The number of anilines is 1. The second kappa shape index (κ2) is 4.33. The minimum Gasteiger partial charge on any atom is -0.373 e. The number of nitrogens with one attached hydrogen (secondary N) is 1. The zero-order valence-corrected chi connectivity index (χ0v) is 11.4. The van der Waals surface area contributed by atoms with Crippen LogP contribution in [0.4, 0.5) is 5.69 Å². The normalized spacial score (nSPS) is 25.2. The predicted octanol–water partition coefficient (Wildman–Crippen LogP) is 1.88. The maximum Gasteiger partial charge on any atom is 0.252 e. The third-order valence-corrected chi connectivity index (χ3v) is 4.53. The molecule has 0 spiro atoms. The molecule has 0 bridgehead atoms. The maximum absolute atomic E-state index is 12.3. The fraction of sp³-hybridized carbons (Fsp3) is 0.500. The first-order valence-electron chi connectivity index (χ1n) is 7.46. The minimum atomic E-state index is -0.373. The van der Waals surface area contributed by atoms with Crippen LogP contribution in [-0.2, 0) is 22.4 Å². The molecule has 4 heteroatoms. The Morgan fingerprint density at radius 2 is 1.90 bits per heavy atom. The number of rotatable bonds is 3. The van der Waals surface area contributed by atoms with Crippen LogP contribution < -0.4 is 5.32 Å². The topological polar surface area (TPSA) is 49.4 Å². The van der Waals surface area contributed by atoms with E-state index in [4.69, 9.17) is 0 Å². The van der Waals surface area contributed by atoms with Gasteiger partial charge in [-0.3, -0.25) is 14.5 Å². The summed E-state index contributed by atoms with van der Waals surface area (Å²) in [7, 11) is 0. The van der Waals surface area contributed by atoms with E-state index in [0.717, 1.165) is 31.4 Å². The molecule has 1 heterocycles. The van der Waals surface area contributed by atoms with Crippen molar-refractivity contribution < 1.29 is 9.59 Å². The van der Waals surface area contributed by atoms with Crippen LogP contribution in [0.2, 0.25) is 0 Å². The van der Waals surface area contributed by atoms with Crippen molar-refractivity contribution in [3.05, 3.63) is 29.3 Å². The van der Waals surface area contributed by atoms with Crippen molar-refractivity contribution >= 4 is 17.5 Å². The maximum atomic E-state index is 12.3. The fourth-order valence-electron chi connectivity index (χ4n) is 3.34. The van der Waals surface area contributed by atoms with Crippen molar-refractivity contribution in [1.29, 1.82) is 0 Å². The van der Waals surface area contributed by atoms with Crippen molar-refractivity contribution in [1.82, 2.24) is 4.90 Å². The molecule has 2 amide bonds. The van der Waals surface area contributed by atoms with E-state index in [1.165, 1.54) is 22.4 Å². The van der Waals surface area contributed by atoms with Crippen molar-refractivity contribution in [2.24, 2.45) is 0 Å². The number of amides is 2. The summed E-state index contributed by atoms with van der Waals surface area (Å²) in [4.78, 5) is 25.7. The second-order valence-corrected chi connectivity index (χ2v) is 6.07. The highest BCUT2D eigenvalue weighted by Crippen LogP contribution is 2.33. The summed E-state index contributed by atoms with van der Waals surface area (Å²) in [6, 6.07) is 6.12. The van der Waals surface area contributed by atoms with Gasteiger partial charge in [0.25, 0.3) is 5.91 Å². The molecule has 1 N–H and O–H groups in total. The van der Waals surface area contributed by atoms with Crippen LogP contribution in [0.1, 0.15) is 36.8 Å². The zero-order chi connectivity index (χ0) is 13.7. The van der Waals surface area contributed by atoms with Gasteiger partial charge < -0.3 is 5.32 Å². The third-order valence-electron chi connectivity index (χ3n) is 4.53. The highest BCUT2D eigenvalue weighted by Gasteiger charge is 2.46. The van der Waals surface area contributed by atoms with E-state index in [-0.39, 0.29) is 23.9 Å². The molecule has 0 aromatic heterocycles. The van der Waals surface area contributed by atoms with Gasteiger partial charge in [0.1, 0.15) is 6.04 Å². The average molecular weight is 270 g/mol. The van der Waals surface area contributed by atoms with Crippen molar-refractivity contribution in [3.63, 3.8) is 0 Å². The summed E-state index contributed by atoms with van der Waals surface area (Å²) in [5.41, 5.74) is 3.77. The van der Waals surface area contributed by atoms with Gasteiger partial charge in [-0.15, -0.1) is 0 Å². The number of benzene rings is 1. The number of carbonyl (C=O) groups excluding carboxylic acids is 2. The minimum absolute atomic E-state index is 0.0174. The molecule has 1 saturated heterocycles. The second-order valence-electron chi connectivity index (χ2n) is 6.07. The SMILES string of the molecule is O=C1C[C@H](Nc2ccc3c(c2)CCC3)C(=O)N1C1CC1. The lowest BCUT2D eigenvalue weighted by molar-refractivity contribution is -0.139. The summed E-state index contributed by atoms with van der Waals surface area (Å²) in [6.45, 7) is 0. The molecule has 2 fully saturated rings. The van der Waals surface area contributed by atoms with Gasteiger partial charge in [-0.2, -0.15) is 0 Å². The summed E-state index contributed by atoms with van der Waals surface area (Å²) < 4.78 is 0. The largest absolute Gasteiger partial charge is 0.373 e. The number of fused-ring (bicyclic) bond motifs is 1. The van der Waals surface area contributed by atoms with Crippen LogP contribution in [-0.4, -0.2) is 28.8 Å². The Morgan fingerprint density at radius 1 is 1.10 bits per heavy atom. The van der Waals surface area contributed by atoms with E-state index < -0.39 is 0 Å². The Hall–Kier alpha value is -1.84. The fourth-order valence-corrected chi connectivity index (χ4v) is 3.34. The van der Waals surface area contributed by atoms with E-state index in [1.807, 2.05) is 6.07 Å². The Morgan fingerprint density at radius 3 is 2.70 bits per heavy atom. The highest BCUT2D eigenvalue weighted by molar-refractivity contribution is 6.07. The number of carbonyl (C=O) groups is 2. The van der Waals surface area contributed by atoms with E-state index >= 15 is 0 Å². The molecule has 4 rings (SSSR count). The lowest BCUT2D eigenvalue weighted by Crippen LogP contribution is -2.36. The van der Waals surface area contributed by atoms with Crippen LogP contribution in [0.3, 0.4) is 0 Å². The molecule has 1 atom stereocenters. The number of nitrogens with zero attached hydrogens (tertiary/aromatic N) is 1. The van der Waals surface area contributed by atoms with E-state index in [1.54, 1.807) is 0 Å². The molecule has 1 aromatic rings. The molecule has 2 aliphatic carbocycles. The first kappa shape index (κ1) is 11.9. The summed E-state index contributed by atoms with van der Waals surface area (Å²) in [5, 5.41) is 3.25. The Bertz CT molecular complexity index is 592. The van der Waals surface area contributed by atoms with Gasteiger partial charge in [0.2, 0.25) is 5.91 Å². The van der Waals surface area contributed by atoms with Crippen LogP contribution in [0.25, 0.3) is 0 Å². The average Bonchev–Trinajstić information content (AvgIpc) is 3.07. The summed E-state index contributed by atoms with van der Waals surface area (Å²) >= 11 is 0. The molecule has 3 aliphatic rings. The Labute approximate surface area is 118 Å². The number of hydrogen-bond donors (Lipinski definition) is 1. The third kappa shape index (κ3) is 1.90. The lowest BCUT2D eigenvalue weighted by atomic mass is 10.1. The standard InChI is InChI=1S/C16H18N2O2/c19-15-9-14(16(20)18(15)13-6-7-13)17-12-5-4-10-2-1-3-11(10)8-12/h4-5,8,13-14,17H,1-3,6-7,9H2/t14-/m0/s1. The first-order valence-corrected chi connectivity index (χ1v) is 7.46. The predicted molar refractivity (Wildman–Crippen MR) is 75.4 cm³/mol. The Balaban J connectivity index is 1.52. The molecule has 1 aromatic carbocycles. The van der Waals surface area contributed by atoms with Crippen LogP contribution in [0.5, 0.6) is 0 Å². The molecule has 0 unspecified atom stereocenters. The first-order chi connectivity index (χ1) is 9.72. The van der Waals surface area contributed by atoms with Gasteiger partial charge in [0.05, 0.1) is 6.42 Å². The summed E-state index contributed by atoms with van der Waals surface area (Å²) in [5.74, 6) is -0.0610. The van der Waals surface area contributed by atoms with Gasteiger partial charge in [-0.05, 0) is 55.4 Å². The smallest absolute Gasteiger partial charge is 0.252 e.